The van der Waals surface area contributed by atoms with Crippen molar-refractivity contribution < 1.29 is 37.2 Å². The first-order valence-corrected chi connectivity index (χ1v) is 16.1. The Morgan fingerprint density at radius 1 is 0.958 bits per heavy atom. The molecule has 0 N–H and O–H groups in total. The minimum absolute atomic E-state index is 0.0298. The smallest absolute Gasteiger partial charge is 0.416 e. The molecule has 48 heavy (non-hydrogen) atoms. The molecule has 5 rings (SSSR count). The summed E-state index contributed by atoms with van der Waals surface area (Å²) in [6.07, 6.45) is -1.05. The molecule has 0 atom stereocenters. The number of ether oxygens (including phenoxy) is 2. The van der Waals surface area contributed by atoms with Gasteiger partial charge in [0.25, 0.3) is 0 Å². The minimum atomic E-state index is -4.79. The fourth-order valence-corrected chi connectivity index (χ4v) is 7.33. The van der Waals surface area contributed by atoms with Crippen molar-refractivity contribution in [2.75, 3.05) is 13.2 Å². The SMILES string of the molecule is C=CCc1cc(C2C3=C(CC(C)(C)CC3=O)N(CC)C3=C2C(=O)CC(C)(C)C3)cc(OCC)c1Oc1ccc(C(F)(F)F)cc1[N+](=O)[O-]. The maximum absolute atomic E-state index is 14.1. The van der Waals surface area contributed by atoms with E-state index in [1.54, 1.807) is 25.1 Å². The summed E-state index contributed by atoms with van der Waals surface area (Å²) in [7, 11) is 0. The number of carbonyl (C=O) groups is 2. The Labute approximate surface area is 278 Å². The second-order valence-corrected chi connectivity index (χ2v) is 14.3. The van der Waals surface area contributed by atoms with Gasteiger partial charge in [-0.3, -0.25) is 19.7 Å². The molecule has 3 aliphatic rings. The van der Waals surface area contributed by atoms with Crippen molar-refractivity contribution >= 4 is 17.3 Å². The van der Waals surface area contributed by atoms with Crippen molar-refractivity contribution in [3.63, 3.8) is 0 Å². The van der Waals surface area contributed by atoms with Crippen LogP contribution < -0.4 is 9.47 Å². The molecule has 0 fully saturated rings. The van der Waals surface area contributed by atoms with Gasteiger partial charge in [-0.1, -0.05) is 39.8 Å². The molecule has 0 spiro atoms. The number of benzene rings is 2. The summed E-state index contributed by atoms with van der Waals surface area (Å²) < 4.78 is 52.3. The zero-order chi connectivity index (χ0) is 35.3. The molecule has 8 nitrogen and oxygen atoms in total. The van der Waals surface area contributed by atoms with Crippen molar-refractivity contribution in [1.82, 2.24) is 4.90 Å². The number of carbonyl (C=O) groups excluding carboxylic acids is 2. The van der Waals surface area contributed by atoms with E-state index in [1.807, 2.05) is 6.92 Å². The maximum Gasteiger partial charge on any atom is 0.416 e. The molecule has 1 aliphatic heterocycles. The van der Waals surface area contributed by atoms with Crippen LogP contribution in [0.3, 0.4) is 0 Å². The van der Waals surface area contributed by atoms with Gasteiger partial charge in [0.15, 0.2) is 23.1 Å². The molecule has 0 radical (unpaired) electrons. The van der Waals surface area contributed by atoms with Gasteiger partial charge < -0.3 is 14.4 Å². The highest BCUT2D eigenvalue weighted by molar-refractivity contribution is 6.06. The lowest BCUT2D eigenvalue weighted by Gasteiger charge is -2.49. The average Bonchev–Trinajstić information content (AvgIpc) is 2.96. The highest BCUT2D eigenvalue weighted by Crippen LogP contribution is 2.55. The van der Waals surface area contributed by atoms with Crippen LogP contribution in [0.1, 0.15) is 89.8 Å². The van der Waals surface area contributed by atoms with Gasteiger partial charge in [0.05, 0.1) is 17.1 Å². The lowest BCUT2D eigenvalue weighted by Crippen LogP contribution is -2.44. The number of ketones is 2. The van der Waals surface area contributed by atoms with E-state index in [-0.39, 0.29) is 46.9 Å². The molecule has 11 heteroatoms. The summed E-state index contributed by atoms with van der Waals surface area (Å²) in [5.74, 6) is -0.883. The van der Waals surface area contributed by atoms with Crippen LogP contribution in [-0.2, 0) is 22.2 Å². The minimum Gasteiger partial charge on any atom is -0.490 e. The van der Waals surface area contributed by atoms with E-state index in [0.717, 1.165) is 23.5 Å². The van der Waals surface area contributed by atoms with Crippen LogP contribution in [0.25, 0.3) is 0 Å². The predicted octanol–water partition coefficient (Wildman–Crippen LogP) is 9.24. The topological polar surface area (TPSA) is 99.0 Å². The number of allylic oxidation sites excluding steroid dienone is 5. The predicted molar refractivity (Wildman–Crippen MR) is 175 cm³/mol. The number of nitrogens with zero attached hydrogens (tertiary/aromatic N) is 2. The van der Waals surface area contributed by atoms with E-state index in [0.29, 0.717) is 60.6 Å². The molecule has 2 aliphatic carbocycles. The standard InChI is InChI=1S/C37H41F3N2O6/c1-8-11-21-14-22(15-30(47-10-3)34(21)48-29-13-12-23(37(38,39)40)16-24(29)42(45)46)31-32-25(17-35(4,5)19-27(32)43)41(9-2)26-18-36(6,7)20-28(44)33(26)31/h8,12-16,31H,1,9-11,17-20H2,2-7H3. The first-order valence-electron chi connectivity index (χ1n) is 16.1. The van der Waals surface area contributed by atoms with Gasteiger partial charge in [-0.15, -0.1) is 6.58 Å². The fraction of sp³-hybridized carbons (Fsp3) is 0.459. The summed E-state index contributed by atoms with van der Waals surface area (Å²) in [5.41, 5.74) is 1.51. The number of Topliss-reactive ketones (excluding diaryl/α,β-unsaturated/α-hetero) is 2. The van der Waals surface area contributed by atoms with E-state index in [1.165, 1.54) is 0 Å². The lowest BCUT2D eigenvalue weighted by molar-refractivity contribution is -0.385. The van der Waals surface area contributed by atoms with Crippen LogP contribution in [-0.4, -0.2) is 34.5 Å². The average molecular weight is 667 g/mol. The summed E-state index contributed by atoms with van der Waals surface area (Å²) in [4.78, 5) is 41.3. The third-order valence-corrected chi connectivity index (χ3v) is 9.18. The molecular formula is C37H41F3N2O6. The van der Waals surface area contributed by atoms with E-state index in [4.69, 9.17) is 9.47 Å². The largest absolute Gasteiger partial charge is 0.490 e. The number of halogens is 3. The Balaban J connectivity index is 1.75. The molecule has 0 unspecified atom stereocenters. The summed E-state index contributed by atoms with van der Waals surface area (Å²) in [5, 5.41) is 11.9. The zero-order valence-electron chi connectivity index (χ0n) is 28.2. The second kappa shape index (κ2) is 12.6. The van der Waals surface area contributed by atoms with E-state index in [9.17, 15) is 32.9 Å². The normalized spacial score (nSPS) is 19.2. The third kappa shape index (κ3) is 6.51. The van der Waals surface area contributed by atoms with Gasteiger partial charge in [0, 0.05) is 59.5 Å². The van der Waals surface area contributed by atoms with Crippen LogP contribution in [0.4, 0.5) is 18.9 Å². The molecule has 256 valence electrons. The molecule has 0 saturated carbocycles. The molecule has 2 aromatic rings. The Morgan fingerprint density at radius 3 is 2.02 bits per heavy atom. The summed E-state index contributed by atoms with van der Waals surface area (Å²) in [6, 6.07) is 5.55. The zero-order valence-corrected chi connectivity index (χ0v) is 28.2. The highest BCUT2D eigenvalue weighted by Gasteiger charge is 2.49. The van der Waals surface area contributed by atoms with Gasteiger partial charge in [-0.25, -0.2) is 0 Å². The number of nitro benzene ring substituents is 1. The van der Waals surface area contributed by atoms with Crippen LogP contribution in [0.2, 0.25) is 0 Å². The Morgan fingerprint density at radius 2 is 1.54 bits per heavy atom. The van der Waals surface area contributed by atoms with Crippen molar-refractivity contribution in [3.05, 3.63) is 92.3 Å². The number of hydrogen-bond acceptors (Lipinski definition) is 7. The second-order valence-electron chi connectivity index (χ2n) is 14.3. The maximum atomic E-state index is 14.1. The third-order valence-electron chi connectivity index (χ3n) is 9.18. The lowest BCUT2D eigenvalue weighted by atomic mass is 9.63. The number of rotatable bonds is 9. The number of hydrogen-bond donors (Lipinski definition) is 0. The summed E-state index contributed by atoms with van der Waals surface area (Å²) in [6.45, 7) is 16.7. The number of alkyl halides is 3. The first-order chi connectivity index (χ1) is 22.4. The molecule has 2 aromatic carbocycles. The van der Waals surface area contributed by atoms with Crippen LogP contribution in [0.5, 0.6) is 17.2 Å². The quantitative estimate of drug-likeness (QED) is 0.149. The van der Waals surface area contributed by atoms with Crippen molar-refractivity contribution in [2.24, 2.45) is 10.8 Å². The fourth-order valence-electron chi connectivity index (χ4n) is 7.33. The van der Waals surface area contributed by atoms with Crippen LogP contribution in [0.15, 0.2) is 65.5 Å². The molecular weight excluding hydrogens is 625 g/mol. The van der Waals surface area contributed by atoms with Gasteiger partial charge in [-0.05, 0) is 67.7 Å². The molecule has 0 saturated heterocycles. The van der Waals surface area contributed by atoms with Crippen molar-refractivity contribution in [2.45, 2.75) is 85.7 Å². The van der Waals surface area contributed by atoms with Gasteiger partial charge in [0.2, 0.25) is 5.75 Å². The highest BCUT2D eigenvalue weighted by atomic mass is 19.4. The molecule has 0 bridgehead atoms. The van der Waals surface area contributed by atoms with Crippen LogP contribution >= 0.6 is 0 Å². The Kier molecular flexibility index (Phi) is 9.13. The van der Waals surface area contributed by atoms with Crippen molar-refractivity contribution in [1.29, 1.82) is 0 Å². The van der Waals surface area contributed by atoms with Gasteiger partial charge >= 0.3 is 11.9 Å². The van der Waals surface area contributed by atoms with Crippen molar-refractivity contribution in [3.8, 4) is 17.2 Å². The monoisotopic (exact) mass is 666 g/mol. The molecule has 0 aromatic heterocycles. The number of nitro groups is 1. The Hall–Kier alpha value is -4.41. The first kappa shape index (κ1) is 34.9. The van der Waals surface area contributed by atoms with Gasteiger partial charge in [-0.2, -0.15) is 13.2 Å². The summed E-state index contributed by atoms with van der Waals surface area (Å²) >= 11 is 0. The Bertz CT molecular complexity index is 1710. The van der Waals surface area contributed by atoms with E-state index >= 15 is 0 Å². The molecule has 1 heterocycles. The van der Waals surface area contributed by atoms with Gasteiger partial charge in [0.1, 0.15) is 0 Å². The van der Waals surface area contributed by atoms with E-state index in [2.05, 4.69) is 39.2 Å². The van der Waals surface area contributed by atoms with Crippen LogP contribution in [0, 0.1) is 20.9 Å². The molecule has 0 amide bonds. The van der Waals surface area contributed by atoms with E-state index < -0.39 is 34.0 Å².